The van der Waals surface area contributed by atoms with E-state index in [0.717, 1.165) is 28.3 Å². The van der Waals surface area contributed by atoms with Crippen LogP contribution in [0.5, 0.6) is 0 Å². The summed E-state index contributed by atoms with van der Waals surface area (Å²) in [6, 6.07) is 0. The number of nitrogens with zero attached hydrogens (tertiary/aromatic N) is 3. The number of hydrogen-bond donors (Lipinski definition) is 1. The highest BCUT2D eigenvalue weighted by molar-refractivity contribution is 5.21. The highest BCUT2D eigenvalue weighted by atomic mass is 16.6. The van der Waals surface area contributed by atoms with Crippen molar-refractivity contribution in [3.05, 3.63) is 37.1 Å². The van der Waals surface area contributed by atoms with E-state index in [9.17, 15) is 19.7 Å². The zero-order valence-electron chi connectivity index (χ0n) is 10.4. The molecule has 1 aromatic heterocycles. The third kappa shape index (κ3) is 3.04. The summed E-state index contributed by atoms with van der Waals surface area (Å²) in [6.07, 6.45) is 1.88. The van der Waals surface area contributed by atoms with Crippen LogP contribution >= 0.6 is 0 Å². The molecule has 8 nitrogen and oxygen atoms in total. The molecule has 0 spiro atoms. The molecule has 1 N–H and O–H groups in total. The monoisotopic (exact) mass is 256 g/mol. The van der Waals surface area contributed by atoms with Crippen molar-refractivity contribution in [1.29, 1.82) is 0 Å². The molecule has 0 aromatic carbocycles. The van der Waals surface area contributed by atoms with Gasteiger partial charge in [-0.15, -0.1) is 0 Å². The lowest BCUT2D eigenvalue weighted by Crippen LogP contribution is -2.41. The molecule has 8 heteroatoms. The Kier molecular flexibility index (Phi) is 4.78. The molecule has 0 fully saturated rings. The summed E-state index contributed by atoms with van der Waals surface area (Å²) in [4.78, 5) is 33.3. The van der Waals surface area contributed by atoms with Crippen molar-refractivity contribution in [3.63, 3.8) is 0 Å². The highest BCUT2D eigenvalue weighted by Gasteiger charge is 2.18. The number of aromatic nitrogens is 2. The van der Waals surface area contributed by atoms with Crippen LogP contribution in [0.15, 0.2) is 15.8 Å². The standard InChI is InChI=1S/C10H16N4O4/c1-3-4-11-5-6-13-9(15)8(14(17)18)7-12(2)10(13)16/h7,11H,3-6H2,1-2H3. The van der Waals surface area contributed by atoms with Crippen molar-refractivity contribution in [2.45, 2.75) is 19.9 Å². The van der Waals surface area contributed by atoms with E-state index in [2.05, 4.69) is 5.32 Å². The van der Waals surface area contributed by atoms with E-state index in [1.54, 1.807) is 0 Å². The first-order chi connectivity index (χ1) is 8.49. The highest BCUT2D eigenvalue weighted by Crippen LogP contribution is 1.98. The van der Waals surface area contributed by atoms with Gasteiger partial charge in [0, 0.05) is 20.1 Å². The van der Waals surface area contributed by atoms with Crippen molar-refractivity contribution < 1.29 is 4.92 Å². The average molecular weight is 256 g/mol. The maximum Gasteiger partial charge on any atom is 0.350 e. The second-order valence-corrected chi connectivity index (χ2v) is 3.87. The minimum atomic E-state index is -0.860. The van der Waals surface area contributed by atoms with Crippen LogP contribution < -0.4 is 16.6 Å². The Morgan fingerprint density at radius 1 is 1.39 bits per heavy atom. The van der Waals surface area contributed by atoms with Gasteiger partial charge in [0.1, 0.15) is 0 Å². The second kappa shape index (κ2) is 6.10. The molecule has 1 rings (SSSR count). The first-order valence-corrected chi connectivity index (χ1v) is 5.64. The summed E-state index contributed by atoms with van der Waals surface area (Å²) < 4.78 is 1.92. The van der Waals surface area contributed by atoms with Gasteiger partial charge in [-0.2, -0.15) is 0 Å². The molecule has 1 heterocycles. The molecule has 18 heavy (non-hydrogen) atoms. The van der Waals surface area contributed by atoms with Gasteiger partial charge in [0.25, 0.3) is 0 Å². The topological polar surface area (TPSA) is 99.2 Å². The Hall–Kier alpha value is -1.96. The summed E-state index contributed by atoms with van der Waals surface area (Å²) in [6.45, 7) is 3.30. The molecule has 100 valence electrons. The maximum absolute atomic E-state index is 11.7. The Morgan fingerprint density at radius 2 is 2.06 bits per heavy atom. The van der Waals surface area contributed by atoms with Gasteiger partial charge < -0.3 is 5.32 Å². The van der Waals surface area contributed by atoms with Crippen molar-refractivity contribution >= 4 is 5.69 Å². The normalized spacial score (nSPS) is 10.6. The number of rotatable bonds is 6. The van der Waals surface area contributed by atoms with Crippen molar-refractivity contribution in [2.75, 3.05) is 13.1 Å². The van der Waals surface area contributed by atoms with E-state index in [0.29, 0.717) is 6.54 Å². The van der Waals surface area contributed by atoms with Crippen LogP contribution in [0.25, 0.3) is 0 Å². The fourth-order valence-electron chi connectivity index (χ4n) is 1.52. The number of hydrogen-bond acceptors (Lipinski definition) is 5. The zero-order chi connectivity index (χ0) is 13.7. The quantitative estimate of drug-likeness (QED) is 0.418. The van der Waals surface area contributed by atoms with Crippen LogP contribution in [0.3, 0.4) is 0 Å². The van der Waals surface area contributed by atoms with Crippen LogP contribution in [-0.2, 0) is 13.6 Å². The lowest BCUT2D eigenvalue weighted by atomic mass is 10.4. The molecule has 1 aromatic rings. The van der Waals surface area contributed by atoms with Crippen LogP contribution in [0.2, 0.25) is 0 Å². The second-order valence-electron chi connectivity index (χ2n) is 3.87. The van der Waals surface area contributed by atoms with E-state index in [1.807, 2.05) is 6.92 Å². The molecule has 0 radical (unpaired) electrons. The fraction of sp³-hybridized carbons (Fsp3) is 0.600. The molecular weight excluding hydrogens is 240 g/mol. The van der Waals surface area contributed by atoms with E-state index >= 15 is 0 Å². The summed E-state index contributed by atoms with van der Waals surface area (Å²) in [5.41, 5.74) is -2.00. The maximum atomic E-state index is 11.7. The molecule has 0 aliphatic heterocycles. The SMILES string of the molecule is CCCNCCn1c(=O)c([N+](=O)[O-])cn(C)c1=O. The Bertz CT molecular complexity index is 546. The smallest absolute Gasteiger partial charge is 0.315 e. The molecule has 0 amide bonds. The Morgan fingerprint density at radius 3 is 2.61 bits per heavy atom. The number of aryl methyl sites for hydroxylation is 1. The van der Waals surface area contributed by atoms with Crippen molar-refractivity contribution in [2.24, 2.45) is 7.05 Å². The number of nitro groups is 1. The third-order valence-corrected chi connectivity index (χ3v) is 2.45. The molecule has 0 unspecified atom stereocenters. The minimum Gasteiger partial charge on any atom is -0.315 e. The van der Waals surface area contributed by atoms with Crippen LogP contribution in [0, 0.1) is 10.1 Å². The zero-order valence-corrected chi connectivity index (χ0v) is 10.4. The lowest BCUT2D eigenvalue weighted by molar-refractivity contribution is -0.387. The molecule has 0 saturated carbocycles. The summed E-state index contributed by atoms with van der Waals surface area (Å²) >= 11 is 0. The van der Waals surface area contributed by atoms with Gasteiger partial charge in [-0.25, -0.2) is 4.79 Å². The fourth-order valence-corrected chi connectivity index (χ4v) is 1.52. The molecular formula is C10H16N4O4. The first-order valence-electron chi connectivity index (χ1n) is 5.64. The Balaban J connectivity index is 3.06. The molecule has 0 saturated heterocycles. The van der Waals surface area contributed by atoms with E-state index in [1.165, 1.54) is 7.05 Å². The third-order valence-electron chi connectivity index (χ3n) is 2.45. The van der Waals surface area contributed by atoms with Crippen LogP contribution in [-0.4, -0.2) is 27.1 Å². The largest absolute Gasteiger partial charge is 0.350 e. The van der Waals surface area contributed by atoms with Gasteiger partial charge in [0.2, 0.25) is 0 Å². The number of nitrogens with one attached hydrogen (secondary N) is 1. The van der Waals surface area contributed by atoms with Crippen molar-refractivity contribution in [1.82, 2.24) is 14.5 Å². The van der Waals surface area contributed by atoms with Gasteiger partial charge in [0.15, 0.2) is 0 Å². The van der Waals surface area contributed by atoms with Gasteiger partial charge in [-0.1, -0.05) is 6.92 Å². The van der Waals surface area contributed by atoms with Crippen LogP contribution in [0.4, 0.5) is 5.69 Å². The molecule has 0 atom stereocenters. The summed E-state index contributed by atoms with van der Waals surface area (Å²) in [5.74, 6) is 0. The molecule has 0 aliphatic rings. The summed E-state index contributed by atoms with van der Waals surface area (Å²) in [5, 5.41) is 13.7. The first kappa shape index (κ1) is 14.1. The molecule has 0 bridgehead atoms. The average Bonchev–Trinajstić information content (AvgIpc) is 2.32. The van der Waals surface area contributed by atoms with E-state index in [4.69, 9.17) is 0 Å². The van der Waals surface area contributed by atoms with Gasteiger partial charge >= 0.3 is 16.9 Å². The Labute approximate surface area is 103 Å². The van der Waals surface area contributed by atoms with Gasteiger partial charge in [0.05, 0.1) is 11.1 Å². The van der Waals surface area contributed by atoms with Gasteiger partial charge in [-0.05, 0) is 13.0 Å². The van der Waals surface area contributed by atoms with E-state index < -0.39 is 21.9 Å². The predicted octanol–water partition coefficient (Wildman–Crippen LogP) is -0.545. The molecule has 0 aliphatic carbocycles. The predicted molar refractivity (Wildman–Crippen MR) is 65.8 cm³/mol. The van der Waals surface area contributed by atoms with Crippen molar-refractivity contribution in [3.8, 4) is 0 Å². The van der Waals surface area contributed by atoms with Crippen LogP contribution in [0.1, 0.15) is 13.3 Å². The minimum absolute atomic E-state index is 0.118. The lowest BCUT2D eigenvalue weighted by Gasteiger charge is -2.07. The van der Waals surface area contributed by atoms with Gasteiger partial charge in [-0.3, -0.25) is 24.0 Å². The summed E-state index contributed by atoms with van der Waals surface area (Å²) in [7, 11) is 1.38. The van der Waals surface area contributed by atoms with E-state index in [-0.39, 0.29) is 6.54 Å².